The van der Waals surface area contributed by atoms with E-state index in [0.29, 0.717) is 47.8 Å². The summed E-state index contributed by atoms with van der Waals surface area (Å²) in [6, 6.07) is 7.54. The molecule has 1 amide bonds. The topological polar surface area (TPSA) is 89.7 Å². The molecule has 0 aliphatic carbocycles. The third-order valence-electron chi connectivity index (χ3n) is 4.33. The molecule has 0 aliphatic heterocycles. The van der Waals surface area contributed by atoms with Crippen molar-refractivity contribution in [1.29, 1.82) is 0 Å². The first-order valence-electron chi connectivity index (χ1n) is 9.26. The fraction of sp³-hybridized carbons (Fsp3) is 0.364. The molecule has 1 aromatic heterocycles. The highest BCUT2D eigenvalue weighted by Gasteiger charge is 2.22. The molecule has 1 aromatic carbocycles. The summed E-state index contributed by atoms with van der Waals surface area (Å²) in [7, 11) is 1.53. The molecule has 0 spiro atoms. The van der Waals surface area contributed by atoms with Crippen molar-refractivity contribution < 1.29 is 23.8 Å². The second-order valence-electron chi connectivity index (χ2n) is 6.40. The minimum Gasteiger partial charge on any atom is -0.481 e. The molecule has 0 saturated heterocycles. The Morgan fingerprint density at radius 2 is 1.90 bits per heavy atom. The van der Waals surface area contributed by atoms with Crippen molar-refractivity contribution in [1.82, 2.24) is 10.3 Å². The van der Waals surface area contributed by atoms with Gasteiger partial charge < -0.3 is 24.5 Å². The van der Waals surface area contributed by atoms with Crippen LogP contribution in [0.3, 0.4) is 0 Å². The van der Waals surface area contributed by atoms with Gasteiger partial charge in [-0.05, 0) is 43.5 Å². The summed E-state index contributed by atoms with van der Waals surface area (Å²) in [6.45, 7) is 4.62. The Balaban J connectivity index is 1.91. The van der Waals surface area contributed by atoms with Gasteiger partial charge in [-0.1, -0.05) is 18.1 Å². The van der Waals surface area contributed by atoms with Crippen LogP contribution in [-0.4, -0.2) is 50.3 Å². The van der Waals surface area contributed by atoms with Crippen molar-refractivity contribution in [2.75, 3.05) is 33.5 Å². The minimum atomic E-state index is -0.473. The number of ether oxygens (including phenoxy) is 3. The van der Waals surface area contributed by atoms with Crippen LogP contribution in [0.15, 0.2) is 24.3 Å². The summed E-state index contributed by atoms with van der Waals surface area (Å²) in [5, 5.41) is 2.87. The highest BCUT2D eigenvalue weighted by molar-refractivity contribution is 6.00. The Hall–Kier alpha value is -3.24. The molecule has 2 rings (SSSR count). The van der Waals surface area contributed by atoms with Crippen LogP contribution in [0.5, 0.6) is 5.75 Å². The molecule has 0 atom stereocenters. The van der Waals surface area contributed by atoms with Crippen molar-refractivity contribution in [2.24, 2.45) is 0 Å². The van der Waals surface area contributed by atoms with Crippen LogP contribution in [0.25, 0.3) is 0 Å². The third-order valence-corrected chi connectivity index (χ3v) is 4.33. The number of carbonyl (C=O) groups is 2. The summed E-state index contributed by atoms with van der Waals surface area (Å²) < 4.78 is 15.4. The van der Waals surface area contributed by atoms with Gasteiger partial charge in [0.25, 0.3) is 5.91 Å². The first-order valence-corrected chi connectivity index (χ1v) is 9.26. The minimum absolute atomic E-state index is 0.160. The number of rotatable bonds is 10. The smallest absolute Gasteiger partial charge is 0.340 e. The van der Waals surface area contributed by atoms with Crippen LogP contribution in [0.4, 0.5) is 0 Å². The normalized spacial score (nSPS) is 10.3. The Morgan fingerprint density at radius 3 is 2.55 bits per heavy atom. The quantitative estimate of drug-likeness (QED) is 0.364. The Bertz CT molecular complexity index is 878. The molecule has 0 saturated carbocycles. The van der Waals surface area contributed by atoms with E-state index in [9.17, 15) is 9.59 Å². The first kappa shape index (κ1) is 22.1. The number of aromatic amines is 1. The second-order valence-corrected chi connectivity index (χ2v) is 6.40. The van der Waals surface area contributed by atoms with Crippen LogP contribution in [0.2, 0.25) is 0 Å². The van der Waals surface area contributed by atoms with Gasteiger partial charge in [0.15, 0.2) is 0 Å². The Morgan fingerprint density at radius 1 is 1.17 bits per heavy atom. The number of carbonyl (C=O) groups excluding carboxylic acids is 2. The van der Waals surface area contributed by atoms with Crippen molar-refractivity contribution in [3.8, 4) is 18.1 Å². The maximum absolute atomic E-state index is 12.5. The molecule has 0 unspecified atom stereocenters. The summed E-state index contributed by atoms with van der Waals surface area (Å²) in [4.78, 5) is 27.7. The van der Waals surface area contributed by atoms with Crippen LogP contribution in [0, 0.1) is 26.2 Å². The molecule has 2 aromatic rings. The molecule has 0 radical (unpaired) electrons. The predicted octanol–water partition coefficient (Wildman–Crippen LogP) is 2.42. The summed E-state index contributed by atoms with van der Waals surface area (Å²) in [5.41, 5.74) is 2.96. The number of aromatic nitrogens is 1. The predicted molar refractivity (Wildman–Crippen MR) is 109 cm³/mol. The van der Waals surface area contributed by atoms with Crippen LogP contribution >= 0.6 is 0 Å². The van der Waals surface area contributed by atoms with Crippen molar-refractivity contribution in [3.05, 3.63) is 52.3 Å². The summed E-state index contributed by atoms with van der Waals surface area (Å²) in [5.74, 6) is 2.38. The number of amides is 1. The van der Waals surface area contributed by atoms with Gasteiger partial charge in [-0.2, -0.15) is 0 Å². The zero-order chi connectivity index (χ0) is 21.2. The number of terminal acetylenes is 1. The zero-order valence-corrected chi connectivity index (χ0v) is 17.0. The van der Waals surface area contributed by atoms with Gasteiger partial charge in [-0.3, -0.25) is 4.79 Å². The molecule has 0 fully saturated rings. The van der Waals surface area contributed by atoms with Gasteiger partial charge in [0.1, 0.15) is 24.7 Å². The van der Waals surface area contributed by atoms with Gasteiger partial charge in [0.2, 0.25) is 0 Å². The SMILES string of the molecule is C#CCOc1ccc(CCNC(=O)c2[nH]c(C)c(C(=O)OCCOC)c2C)cc1. The average Bonchev–Trinajstić information content (AvgIpc) is 3.01. The summed E-state index contributed by atoms with van der Waals surface area (Å²) >= 11 is 0. The van der Waals surface area contributed by atoms with Crippen LogP contribution in [0.1, 0.15) is 37.7 Å². The molecule has 29 heavy (non-hydrogen) atoms. The highest BCUT2D eigenvalue weighted by atomic mass is 16.6. The lowest BCUT2D eigenvalue weighted by Gasteiger charge is -2.07. The number of aryl methyl sites for hydroxylation is 1. The number of methoxy groups -OCH3 is 1. The number of H-pyrrole nitrogens is 1. The largest absolute Gasteiger partial charge is 0.481 e. The second kappa shape index (κ2) is 10.9. The molecular weight excluding hydrogens is 372 g/mol. The lowest BCUT2D eigenvalue weighted by atomic mass is 10.1. The van der Waals surface area contributed by atoms with E-state index in [1.807, 2.05) is 24.3 Å². The monoisotopic (exact) mass is 398 g/mol. The molecule has 2 N–H and O–H groups in total. The van der Waals surface area contributed by atoms with E-state index >= 15 is 0 Å². The van der Waals surface area contributed by atoms with E-state index in [0.717, 1.165) is 5.56 Å². The first-order chi connectivity index (χ1) is 14.0. The third kappa shape index (κ3) is 6.13. The van der Waals surface area contributed by atoms with Crippen LogP contribution in [-0.2, 0) is 15.9 Å². The van der Waals surface area contributed by atoms with Crippen LogP contribution < -0.4 is 10.1 Å². The maximum Gasteiger partial charge on any atom is 0.340 e. The number of hydrogen-bond donors (Lipinski definition) is 2. The molecule has 1 heterocycles. The average molecular weight is 398 g/mol. The van der Waals surface area contributed by atoms with E-state index in [1.165, 1.54) is 7.11 Å². The number of esters is 1. The molecule has 0 aliphatic rings. The molecule has 154 valence electrons. The van der Waals surface area contributed by atoms with Crippen molar-refractivity contribution >= 4 is 11.9 Å². The van der Waals surface area contributed by atoms with Gasteiger partial charge >= 0.3 is 5.97 Å². The lowest BCUT2D eigenvalue weighted by molar-refractivity contribution is 0.0387. The van der Waals surface area contributed by atoms with E-state index in [4.69, 9.17) is 20.6 Å². The van der Waals surface area contributed by atoms with Gasteiger partial charge in [-0.15, -0.1) is 6.42 Å². The van der Waals surface area contributed by atoms with Gasteiger partial charge in [-0.25, -0.2) is 4.79 Å². The van der Waals surface area contributed by atoms with E-state index < -0.39 is 5.97 Å². The molecule has 7 heteroatoms. The Kier molecular flexibility index (Phi) is 8.31. The van der Waals surface area contributed by atoms with E-state index in [2.05, 4.69) is 16.2 Å². The fourth-order valence-electron chi connectivity index (χ4n) is 2.86. The van der Waals surface area contributed by atoms with E-state index in [-0.39, 0.29) is 19.1 Å². The van der Waals surface area contributed by atoms with Gasteiger partial charge in [0, 0.05) is 19.3 Å². The molecular formula is C22H26N2O5. The van der Waals surface area contributed by atoms with Gasteiger partial charge in [0.05, 0.1) is 12.2 Å². The molecule has 0 bridgehead atoms. The standard InChI is InChI=1S/C22H26N2O5/c1-5-12-28-18-8-6-17(7-9-18)10-11-23-21(25)20-15(2)19(16(3)24-20)22(26)29-14-13-27-4/h1,6-9,24H,10-14H2,2-4H3,(H,23,25). The Labute approximate surface area is 170 Å². The van der Waals surface area contributed by atoms with E-state index in [1.54, 1.807) is 13.8 Å². The summed E-state index contributed by atoms with van der Waals surface area (Å²) in [6.07, 6.45) is 5.82. The number of nitrogens with one attached hydrogen (secondary N) is 2. The lowest BCUT2D eigenvalue weighted by Crippen LogP contribution is -2.26. The fourth-order valence-corrected chi connectivity index (χ4v) is 2.86. The molecule has 7 nitrogen and oxygen atoms in total. The number of hydrogen-bond acceptors (Lipinski definition) is 5. The van der Waals surface area contributed by atoms with Crippen molar-refractivity contribution in [2.45, 2.75) is 20.3 Å². The number of benzene rings is 1. The maximum atomic E-state index is 12.5. The van der Waals surface area contributed by atoms with Crippen molar-refractivity contribution in [3.63, 3.8) is 0 Å². The zero-order valence-electron chi connectivity index (χ0n) is 17.0. The highest BCUT2D eigenvalue weighted by Crippen LogP contribution is 2.19.